The third kappa shape index (κ3) is 13.5. The lowest BCUT2D eigenvalue weighted by Gasteiger charge is -2.42. The Labute approximate surface area is 494 Å². The number of likely N-dealkylation sites (tertiary alicyclic amines) is 1. The summed E-state index contributed by atoms with van der Waals surface area (Å²) in [6.07, 6.45) is 10.1. The predicted octanol–water partition coefficient (Wildman–Crippen LogP) is 7.08. The summed E-state index contributed by atoms with van der Waals surface area (Å²) in [6.45, 7) is 18.6. The van der Waals surface area contributed by atoms with Crippen LogP contribution in [0, 0.1) is 18.6 Å². The van der Waals surface area contributed by atoms with E-state index in [-0.39, 0.29) is 65.3 Å². The quantitative estimate of drug-likeness (QED) is 0.0677. The summed E-state index contributed by atoms with van der Waals surface area (Å²) in [5, 5.41) is 36.8. The molecule has 3 aliphatic rings. The molecule has 4 N–H and O–H groups in total. The number of hydrogen-bond acceptors (Lipinski definition) is 15. The number of aryl methyl sites for hydroxylation is 2. The fraction of sp³-hybridized carbons (Fsp3) is 0.484. The first-order valence-electron chi connectivity index (χ1n) is 29.5. The van der Waals surface area contributed by atoms with Crippen molar-refractivity contribution in [1.29, 1.82) is 0 Å². The Morgan fingerprint density at radius 1 is 0.682 bits per heavy atom. The zero-order valence-electron chi connectivity index (χ0n) is 50.3. The zero-order valence-corrected chi connectivity index (χ0v) is 50.3. The number of piperazine rings is 1. The number of amides is 2. The number of anilines is 3. The number of piperidine rings is 2. The van der Waals surface area contributed by atoms with Gasteiger partial charge in [-0.3, -0.25) is 34.5 Å². The second-order valence-electron chi connectivity index (χ2n) is 25.1. The van der Waals surface area contributed by atoms with E-state index in [0.717, 1.165) is 102 Å². The highest BCUT2D eigenvalue weighted by atomic mass is 19.1. The molecule has 8 aromatic rings. The maximum atomic E-state index is 16.9. The topological polar surface area (TPSA) is 212 Å². The van der Waals surface area contributed by atoms with Gasteiger partial charge in [0.2, 0.25) is 11.9 Å². The number of halogens is 2. The molecule has 11 rings (SSSR count). The van der Waals surface area contributed by atoms with E-state index in [1.54, 1.807) is 57.0 Å². The molecule has 0 unspecified atom stereocenters. The standard InChI is InChI=1S/C62H79F2N17O4/c1-39-28-47(57(82)71-59-69-49-12-10-41(29-51(49)80(59)37-61(2,3)84)40-14-18-76(19-15-40)25-22-73(6)7)53(63)55(67-39)43-33-66-79(35-43)36-44-30-48(54(64)56(68-44)42-32-65-75(9)34-42)58(83)72-60-70-50-13-11-46(31-52(50)81(60)38-62(4,5)85)77-20-16-45(17-21-77)78-26-23-74(8)24-27-78/h10-13,28-35,40,45,84-85H,14-27,36-38H2,1-9H3,(H,69,71,82)(H,70,72,83). The van der Waals surface area contributed by atoms with Crippen LogP contribution in [0.25, 0.3) is 44.6 Å². The zero-order chi connectivity index (χ0) is 60.1. The smallest absolute Gasteiger partial charge is 0.261 e. The summed E-state index contributed by atoms with van der Waals surface area (Å²) in [7, 11) is 8.04. The van der Waals surface area contributed by atoms with E-state index in [1.807, 2.05) is 24.3 Å². The van der Waals surface area contributed by atoms with Crippen molar-refractivity contribution in [2.45, 2.75) is 103 Å². The average molecular weight is 1160 g/mol. The number of nitrogens with zero attached hydrogens (tertiary/aromatic N) is 15. The molecule has 0 saturated carbocycles. The number of rotatable bonds is 18. The molecule has 0 aliphatic carbocycles. The molecular formula is C62H79F2N17O4. The second kappa shape index (κ2) is 24.1. The lowest BCUT2D eigenvalue weighted by Crippen LogP contribution is -2.52. The molecule has 450 valence electrons. The predicted molar refractivity (Wildman–Crippen MR) is 325 cm³/mol. The molecule has 2 amide bonds. The van der Waals surface area contributed by atoms with Crippen LogP contribution in [0.5, 0.6) is 0 Å². The van der Waals surface area contributed by atoms with Crippen molar-refractivity contribution >= 4 is 51.5 Å². The fourth-order valence-electron chi connectivity index (χ4n) is 12.1. The fourth-order valence-corrected chi connectivity index (χ4v) is 12.1. The summed E-state index contributed by atoms with van der Waals surface area (Å²) in [4.78, 5) is 59.7. The number of benzene rings is 2. The summed E-state index contributed by atoms with van der Waals surface area (Å²) in [5.41, 5.74) is 2.78. The molecule has 85 heavy (non-hydrogen) atoms. The minimum Gasteiger partial charge on any atom is -0.389 e. The normalized spacial score (nSPS) is 16.6. The van der Waals surface area contributed by atoms with Gasteiger partial charge in [0.05, 0.1) is 82.1 Å². The van der Waals surface area contributed by atoms with Gasteiger partial charge in [-0.15, -0.1) is 0 Å². The van der Waals surface area contributed by atoms with E-state index < -0.39 is 34.7 Å². The number of pyridine rings is 2. The first kappa shape index (κ1) is 59.2. The number of aliphatic hydroxyl groups is 2. The van der Waals surface area contributed by atoms with Gasteiger partial charge in [0.1, 0.15) is 11.4 Å². The Morgan fingerprint density at radius 2 is 1.26 bits per heavy atom. The Balaban J connectivity index is 0.835. The number of imidazole rings is 2. The maximum Gasteiger partial charge on any atom is 0.261 e. The van der Waals surface area contributed by atoms with Crippen molar-refractivity contribution < 1.29 is 28.6 Å². The van der Waals surface area contributed by atoms with Crippen LogP contribution in [0.15, 0.2) is 73.3 Å². The van der Waals surface area contributed by atoms with Gasteiger partial charge in [0.25, 0.3) is 11.8 Å². The van der Waals surface area contributed by atoms with Crippen LogP contribution < -0.4 is 15.5 Å². The molecule has 0 bridgehead atoms. The Kier molecular flexibility index (Phi) is 16.8. The first-order valence-corrected chi connectivity index (χ1v) is 29.5. The number of fused-ring (bicyclic) bond motifs is 2. The highest BCUT2D eigenvalue weighted by molar-refractivity contribution is 6.06. The largest absolute Gasteiger partial charge is 0.389 e. The molecule has 0 spiro atoms. The molecule has 21 nitrogen and oxygen atoms in total. The number of aromatic nitrogens is 10. The van der Waals surface area contributed by atoms with E-state index in [1.165, 1.54) is 45.7 Å². The van der Waals surface area contributed by atoms with Crippen molar-refractivity contribution in [3.63, 3.8) is 0 Å². The molecule has 0 radical (unpaired) electrons. The highest BCUT2D eigenvalue weighted by Gasteiger charge is 2.31. The van der Waals surface area contributed by atoms with Crippen LogP contribution >= 0.6 is 0 Å². The van der Waals surface area contributed by atoms with Crippen LogP contribution in [0.3, 0.4) is 0 Å². The van der Waals surface area contributed by atoms with Gasteiger partial charge >= 0.3 is 0 Å². The minimum absolute atomic E-state index is 0.0770. The van der Waals surface area contributed by atoms with Crippen LogP contribution in [-0.4, -0.2) is 194 Å². The summed E-state index contributed by atoms with van der Waals surface area (Å²) < 4.78 is 40.3. The number of nitrogens with one attached hydrogen (secondary N) is 2. The molecular weight excluding hydrogens is 1080 g/mol. The monoisotopic (exact) mass is 1160 g/mol. The van der Waals surface area contributed by atoms with Crippen LogP contribution in [-0.2, 0) is 26.7 Å². The molecule has 3 saturated heterocycles. The molecule has 6 aromatic heterocycles. The van der Waals surface area contributed by atoms with E-state index in [2.05, 4.69) is 88.6 Å². The first-order chi connectivity index (χ1) is 40.5. The number of carbonyl (C=O) groups excluding carboxylic acids is 2. The van der Waals surface area contributed by atoms with Crippen LogP contribution in [0.1, 0.15) is 97.0 Å². The maximum absolute atomic E-state index is 16.9. The van der Waals surface area contributed by atoms with Crippen molar-refractivity contribution in [3.8, 4) is 22.5 Å². The summed E-state index contributed by atoms with van der Waals surface area (Å²) in [5.74, 6) is -2.70. The lowest BCUT2D eigenvalue weighted by atomic mass is 9.89. The number of hydrogen-bond donors (Lipinski definition) is 4. The number of likely N-dealkylation sites (N-methyl/N-ethyl adjacent to an activating group) is 2. The third-order valence-electron chi connectivity index (χ3n) is 16.6. The van der Waals surface area contributed by atoms with E-state index in [0.29, 0.717) is 39.8 Å². The Hall–Kier alpha value is -7.54. The lowest BCUT2D eigenvalue weighted by molar-refractivity contribution is 0.0625. The minimum atomic E-state index is -1.22. The molecule has 0 atom stereocenters. The van der Waals surface area contributed by atoms with E-state index in [4.69, 9.17) is 9.97 Å². The van der Waals surface area contributed by atoms with Crippen molar-refractivity contribution in [3.05, 3.63) is 113 Å². The van der Waals surface area contributed by atoms with Crippen molar-refractivity contribution in [2.75, 3.05) is 102 Å². The van der Waals surface area contributed by atoms with Gasteiger partial charge < -0.3 is 38.9 Å². The van der Waals surface area contributed by atoms with Gasteiger partial charge in [0.15, 0.2) is 11.6 Å². The molecule has 3 aliphatic heterocycles. The van der Waals surface area contributed by atoms with Gasteiger partial charge in [-0.2, -0.15) is 10.2 Å². The molecule has 9 heterocycles. The SMILES string of the molecule is Cc1cc(C(=O)Nc2nc3ccc(C4CCN(CCN(C)C)CC4)cc3n2CC(C)(C)O)c(F)c(-c2cnn(Cc3cc(C(=O)Nc4nc5ccc(N6CCC(N7CCN(C)CC7)CC6)cc5n4CC(C)(C)O)c(F)c(-c4cnn(C)c4)n3)c2)n1. The Bertz CT molecular complexity index is 3740. The van der Waals surface area contributed by atoms with Gasteiger partial charge in [-0.05, 0) is 148 Å². The molecule has 2 aromatic carbocycles. The molecule has 3 fully saturated rings. The van der Waals surface area contributed by atoms with E-state index in [9.17, 15) is 19.8 Å². The van der Waals surface area contributed by atoms with E-state index >= 15 is 8.78 Å². The van der Waals surface area contributed by atoms with Crippen LogP contribution in [0.2, 0.25) is 0 Å². The second-order valence-corrected chi connectivity index (χ2v) is 25.1. The number of carbonyl (C=O) groups is 2. The van der Waals surface area contributed by atoms with Crippen molar-refractivity contribution in [1.82, 2.24) is 68.2 Å². The third-order valence-corrected chi connectivity index (χ3v) is 16.6. The Morgan fingerprint density at radius 3 is 1.86 bits per heavy atom. The average Bonchev–Trinajstić information content (AvgIpc) is 4.37. The molecule has 23 heteroatoms. The van der Waals surface area contributed by atoms with Gasteiger partial charge in [-0.1, -0.05) is 6.07 Å². The van der Waals surface area contributed by atoms with Crippen molar-refractivity contribution in [2.24, 2.45) is 7.05 Å². The summed E-state index contributed by atoms with van der Waals surface area (Å²) >= 11 is 0. The summed E-state index contributed by atoms with van der Waals surface area (Å²) in [6, 6.07) is 15.4. The highest BCUT2D eigenvalue weighted by Crippen LogP contribution is 2.35. The van der Waals surface area contributed by atoms with Gasteiger partial charge in [-0.25, -0.2) is 28.7 Å². The van der Waals surface area contributed by atoms with Gasteiger partial charge in [0, 0.05) is 100 Å². The van der Waals surface area contributed by atoms with Crippen LogP contribution in [0.4, 0.5) is 26.4 Å².